The van der Waals surface area contributed by atoms with Crippen LogP contribution in [0.15, 0.2) is 60.7 Å². The van der Waals surface area contributed by atoms with E-state index in [1.165, 1.54) is 7.11 Å². The fourth-order valence-electron chi connectivity index (χ4n) is 4.28. The molecular weight excluding hydrogens is 523 g/mol. The lowest BCUT2D eigenvalue weighted by molar-refractivity contribution is 0.0953. The number of hydrogen-bond acceptors (Lipinski definition) is 9. The van der Waals surface area contributed by atoms with Crippen molar-refractivity contribution in [2.45, 2.75) is 13.8 Å². The third kappa shape index (κ3) is 5.89. The van der Waals surface area contributed by atoms with Crippen molar-refractivity contribution in [2.75, 3.05) is 43.1 Å². The average molecular weight is 555 g/mol. The number of pyridine rings is 1. The van der Waals surface area contributed by atoms with Crippen molar-refractivity contribution in [3.8, 4) is 5.75 Å². The van der Waals surface area contributed by atoms with Gasteiger partial charge in [-0.2, -0.15) is 0 Å². The molecule has 3 N–H and O–H groups in total. The minimum absolute atomic E-state index is 0.0410. The molecule has 4 aromatic rings. The summed E-state index contributed by atoms with van der Waals surface area (Å²) < 4.78 is 31.9. The lowest BCUT2D eigenvalue weighted by Gasteiger charge is -2.20. The second-order valence-corrected chi connectivity index (χ2v) is 10.7. The summed E-state index contributed by atoms with van der Waals surface area (Å²) in [5.41, 5.74) is 3.81. The lowest BCUT2D eigenvalue weighted by Crippen LogP contribution is -2.28. The van der Waals surface area contributed by atoms with Gasteiger partial charge in [-0.1, -0.05) is 49.2 Å². The van der Waals surface area contributed by atoms with E-state index >= 15 is 0 Å². The molecule has 1 aromatic heterocycles. The number of ether oxygens (including phenoxy) is 1. The molecule has 200 valence electrons. The Hall–Kier alpha value is -3.30. The van der Waals surface area contributed by atoms with Crippen molar-refractivity contribution < 1.29 is 23.1 Å². The molecule has 0 radical (unpaired) electrons. The number of methoxy groups -OCH3 is 1. The Kier molecular flexibility index (Phi) is 9.12. The van der Waals surface area contributed by atoms with Crippen LogP contribution >= 0.6 is 20.4 Å². The minimum atomic E-state index is -3.30. The molecule has 4 rings (SSSR count). The summed E-state index contributed by atoms with van der Waals surface area (Å²) in [5, 5.41) is 8.15. The van der Waals surface area contributed by atoms with Crippen molar-refractivity contribution in [3.63, 3.8) is 0 Å². The smallest absolute Gasteiger partial charge is 0.332 e. The minimum Gasteiger partial charge on any atom is -0.494 e. The molecule has 0 saturated carbocycles. The SMILES string of the molecule is CCOP(=O)(CCNC(=O)c1c(NS)ccc(Nc2c3ccccc3nc3ccccc23)c1OC)OCC. The van der Waals surface area contributed by atoms with Gasteiger partial charge in [-0.25, -0.2) is 4.98 Å². The molecule has 0 bridgehead atoms. The summed E-state index contributed by atoms with van der Waals surface area (Å²) in [6.45, 7) is 4.07. The summed E-state index contributed by atoms with van der Waals surface area (Å²) in [4.78, 5) is 18.1. The van der Waals surface area contributed by atoms with Crippen LogP contribution in [0.4, 0.5) is 17.1 Å². The molecule has 0 saturated heterocycles. The molecule has 0 aliphatic carbocycles. The van der Waals surface area contributed by atoms with E-state index in [-0.39, 0.29) is 31.5 Å². The predicted molar refractivity (Wildman–Crippen MR) is 156 cm³/mol. The monoisotopic (exact) mass is 554 g/mol. The number of aromatic nitrogens is 1. The number of anilines is 3. The Bertz CT molecular complexity index is 1440. The molecule has 9 nitrogen and oxygen atoms in total. The molecule has 11 heteroatoms. The van der Waals surface area contributed by atoms with E-state index in [4.69, 9.17) is 18.8 Å². The summed E-state index contributed by atoms with van der Waals surface area (Å²) in [6, 6.07) is 19.3. The maximum absolute atomic E-state index is 13.4. The first-order valence-corrected chi connectivity index (χ1v) is 14.4. The number of benzene rings is 3. The Morgan fingerprint density at radius 1 is 0.921 bits per heavy atom. The number of nitrogens with one attached hydrogen (secondary N) is 3. The maximum atomic E-state index is 13.4. The molecule has 0 aliphatic rings. The second kappa shape index (κ2) is 12.5. The number of nitrogens with zero attached hydrogens (tertiary/aromatic N) is 1. The summed E-state index contributed by atoms with van der Waals surface area (Å²) in [7, 11) is -1.80. The van der Waals surface area contributed by atoms with Crippen LogP contribution in [0.5, 0.6) is 5.75 Å². The molecule has 0 aliphatic heterocycles. The van der Waals surface area contributed by atoms with E-state index in [2.05, 4.69) is 28.2 Å². The summed E-state index contributed by atoms with van der Waals surface area (Å²) >= 11 is 4.18. The molecule has 1 heterocycles. The second-order valence-electron chi connectivity index (χ2n) is 8.25. The van der Waals surface area contributed by atoms with Crippen molar-refractivity contribution >= 4 is 65.2 Å². The van der Waals surface area contributed by atoms with Gasteiger partial charge in [-0.05, 0) is 38.1 Å². The molecule has 0 fully saturated rings. The molecule has 1 amide bonds. The molecule has 0 spiro atoms. The van der Waals surface area contributed by atoms with E-state index in [0.29, 0.717) is 17.1 Å². The van der Waals surface area contributed by atoms with Crippen LogP contribution < -0.4 is 20.1 Å². The van der Waals surface area contributed by atoms with E-state index in [1.807, 2.05) is 54.6 Å². The fourth-order valence-corrected chi connectivity index (χ4v) is 5.97. The Labute approximate surface area is 227 Å². The number of amides is 1. The van der Waals surface area contributed by atoms with Crippen LogP contribution in [0.1, 0.15) is 24.2 Å². The number of para-hydroxylation sites is 2. The largest absolute Gasteiger partial charge is 0.494 e. The fraction of sp³-hybridized carbons (Fsp3) is 0.259. The lowest BCUT2D eigenvalue weighted by atomic mass is 10.1. The van der Waals surface area contributed by atoms with Gasteiger partial charge in [0.1, 0.15) is 5.56 Å². The molecule has 38 heavy (non-hydrogen) atoms. The number of thiol groups is 1. The average Bonchev–Trinajstić information content (AvgIpc) is 2.92. The highest BCUT2D eigenvalue weighted by Gasteiger charge is 2.25. The van der Waals surface area contributed by atoms with Gasteiger partial charge in [0.25, 0.3) is 5.91 Å². The first-order chi connectivity index (χ1) is 18.4. The Morgan fingerprint density at radius 3 is 2.05 bits per heavy atom. The zero-order valence-electron chi connectivity index (χ0n) is 21.5. The summed E-state index contributed by atoms with van der Waals surface area (Å²) in [5.74, 6) is -0.102. The van der Waals surface area contributed by atoms with Gasteiger partial charge in [0, 0.05) is 17.3 Å². The van der Waals surface area contributed by atoms with Crippen LogP contribution in [0, 0.1) is 0 Å². The number of carbonyl (C=O) groups excluding carboxylic acids is 1. The standard InChI is InChI=1S/C27H31N4O5PS/c1-4-35-37(33,36-5-2)17-16-28-27(32)24-22(31-38)14-15-23(26(24)34-3)30-25-18-10-6-8-12-20(18)29-21-13-9-7-11-19(21)25/h6-15,31,38H,4-5,16-17H2,1-3H3,(H,28,32)(H,29,30). The third-order valence-corrected chi connectivity index (χ3v) is 8.19. The third-order valence-electron chi connectivity index (χ3n) is 5.88. The predicted octanol–water partition coefficient (Wildman–Crippen LogP) is 6.39. The van der Waals surface area contributed by atoms with Crippen molar-refractivity contribution in [1.29, 1.82) is 0 Å². The molecule has 0 atom stereocenters. The number of fused-ring (bicyclic) bond motifs is 2. The number of hydrogen-bond donors (Lipinski definition) is 4. The van der Waals surface area contributed by atoms with Crippen molar-refractivity contribution in [2.24, 2.45) is 0 Å². The zero-order valence-corrected chi connectivity index (χ0v) is 23.3. The van der Waals surface area contributed by atoms with Crippen LogP contribution in [0.3, 0.4) is 0 Å². The van der Waals surface area contributed by atoms with Crippen LogP contribution in [0.25, 0.3) is 21.8 Å². The highest BCUT2D eigenvalue weighted by Crippen LogP contribution is 2.47. The van der Waals surface area contributed by atoms with Crippen LogP contribution in [-0.4, -0.2) is 43.9 Å². The Morgan fingerprint density at radius 2 is 1.50 bits per heavy atom. The quantitative estimate of drug-likeness (QED) is 0.0906. The molecule has 3 aromatic carbocycles. The van der Waals surface area contributed by atoms with E-state index in [9.17, 15) is 9.36 Å². The topological polar surface area (TPSA) is 111 Å². The van der Waals surface area contributed by atoms with Gasteiger partial charge in [0.15, 0.2) is 5.75 Å². The van der Waals surface area contributed by atoms with Gasteiger partial charge in [-0.15, -0.1) is 0 Å². The molecule has 0 unspecified atom stereocenters. The van der Waals surface area contributed by atoms with E-state index in [1.54, 1.807) is 19.9 Å². The van der Waals surface area contributed by atoms with Gasteiger partial charge in [-0.3, -0.25) is 9.36 Å². The number of rotatable bonds is 12. The maximum Gasteiger partial charge on any atom is 0.332 e. The van der Waals surface area contributed by atoms with Crippen LogP contribution in [-0.2, 0) is 13.6 Å². The van der Waals surface area contributed by atoms with Crippen molar-refractivity contribution in [3.05, 3.63) is 66.2 Å². The highest BCUT2D eigenvalue weighted by atomic mass is 32.1. The first kappa shape index (κ1) is 27.7. The first-order valence-electron chi connectivity index (χ1n) is 12.3. The zero-order chi connectivity index (χ0) is 27.1. The summed E-state index contributed by atoms with van der Waals surface area (Å²) in [6.07, 6.45) is 0.0410. The van der Waals surface area contributed by atoms with Gasteiger partial charge >= 0.3 is 7.60 Å². The Balaban J connectivity index is 1.70. The highest BCUT2D eigenvalue weighted by molar-refractivity contribution is 7.81. The van der Waals surface area contributed by atoms with E-state index in [0.717, 1.165) is 27.5 Å². The van der Waals surface area contributed by atoms with Gasteiger partial charge in [0.2, 0.25) is 0 Å². The van der Waals surface area contributed by atoms with Gasteiger partial charge < -0.3 is 29.1 Å². The molecular formula is C27H31N4O5PS. The van der Waals surface area contributed by atoms with Gasteiger partial charge in [0.05, 0.1) is 54.6 Å². The normalized spacial score (nSPS) is 11.5. The van der Waals surface area contributed by atoms with Crippen LogP contribution in [0.2, 0.25) is 0 Å². The van der Waals surface area contributed by atoms with E-state index < -0.39 is 13.5 Å². The number of carbonyl (C=O) groups is 1. The van der Waals surface area contributed by atoms with Crippen molar-refractivity contribution in [1.82, 2.24) is 10.3 Å².